The van der Waals surface area contributed by atoms with Crippen LogP contribution in [0.3, 0.4) is 0 Å². The molecule has 3 rings (SSSR count). The molecule has 1 unspecified atom stereocenters. The Morgan fingerprint density at radius 2 is 1.81 bits per heavy atom. The van der Waals surface area contributed by atoms with Crippen molar-refractivity contribution in [3.8, 4) is 0 Å². The lowest BCUT2D eigenvalue weighted by atomic mass is 9.99. The van der Waals surface area contributed by atoms with E-state index in [9.17, 15) is 0 Å². The molecule has 0 bridgehead atoms. The number of rotatable bonds is 5. The summed E-state index contributed by atoms with van der Waals surface area (Å²) >= 11 is 0. The van der Waals surface area contributed by atoms with Crippen molar-refractivity contribution >= 4 is 5.69 Å². The Labute approximate surface area is 127 Å². The van der Waals surface area contributed by atoms with Crippen LogP contribution < -0.4 is 10.6 Å². The summed E-state index contributed by atoms with van der Waals surface area (Å²) in [5, 5.41) is 7.15. The Bertz CT molecular complexity index is 545. The van der Waals surface area contributed by atoms with Crippen molar-refractivity contribution in [2.24, 2.45) is 5.92 Å². The molecule has 2 nitrogen and oxygen atoms in total. The molecule has 1 aliphatic heterocycles. The highest BCUT2D eigenvalue weighted by atomic mass is 14.9. The van der Waals surface area contributed by atoms with Crippen LogP contribution in [0, 0.1) is 5.92 Å². The lowest BCUT2D eigenvalue weighted by Gasteiger charge is -2.24. The number of hydrogen-bond donors (Lipinski definition) is 2. The number of benzene rings is 2. The second-order valence-corrected chi connectivity index (χ2v) is 5.91. The molecule has 21 heavy (non-hydrogen) atoms. The fraction of sp³-hybridized carbons (Fsp3) is 0.368. The van der Waals surface area contributed by atoms with Crippen molar-refractivity contribution in [2.45, 2.75) is 19.3 Å². The lowest BCUT2D eigenvalue weighted by molar-refractivity contribution is 0.393. The van der Waals surface area contributed by atoms with Crippen molar-refractivity contribution in [3.05, 3.63) is 65.7 Å². The van der Waals surface area contributed by atoms with Crippen LogP contribution in [-0.4, -0.2) is 19.6 Å². The van der Waals surface area contributed by atoms with Gasteiger partial charge in [-0.25, -0.2) is 0 Å². The van der Waals surface area contributed by atoms with Gasteiger partial charge in [-0.05, 0) is 55.5 Å². The molecular formula is C19H24N2. The van der Waals surface area contributed by atoms with Crippen molar-refractivity contribution in [2.75, 3.05) is 25.0 Å². The predicted molar refractivity (Wildman–Crippen MR) is 89.8 cm³/mol. The predicted octanol–water partition coefficient (Wildman–Crippen LogP) is 3.69. The van der Waals surface area contributed by atoms with Crippen LogP contribution in [0.4, 0.5) is 5.69 Å². The van der Waals surface area contributed by atoms with Gasteiger partial charge in [-0.1, -0.05) is 48.5 Å². The highest BCUT2D eigenvalue weighted by Crippen LogP contribution is 2.20. The molecule has 1 heterocycles. The molecule has 1 atom stereocenters. The molecule has 0 aliphatic carbocycles. The molecule has 1 saturated heterocycles. The van der Waals surface area contributed by atoms with Crippen LogP contribution in [-0.2, 0) is 6.42 Å². The summed E-state index contributed by atoms with van der Waals surface area (Å²) in [6.07, 6.45) is 3.63. The Balaban J connectivity index is 1.64. The maximum absolute atomic E-state index is 3.66. The normalized spacial score (nSPS) is 18.4. The van der Waals surface area contributed by atoms with E-state index in [1.165, 1.54) is 36.2 Å². The summed E-state index contributed by atoms with van der Waals surface area (Å²) in [4.78, 5) is 0. The zero-order chi connectivity index (χ0) is 14.3. The van der Waals surface area contributed by atoms with Gasteiger partial charge in [0.05, 0.1) is 0 Å². The SMILES string of the molecule is c1ccc(Cc2ccccc2NCC2CCCNC2)cc1. The first kappa shape index (κ1) is 14.2. The van der Waals surface area contributed by atoms with E-state index in [0.29, 0.717) is 0 Å². The molecular weight excluding hydrogens is 256 g/mol. The fourth-order valence-corrected chi connectivity index (χ4v) is 3.02. The van der Waals surface area contributed by atoms with Gasteiger partial charge in [-0.2, -0.15) is 0 Å². The molecule has 0 amide bonds. The third-order valence-electron chi connectivity index (χ3n) is 4.23. The van der Waals surface area contributed by atoms with Gasteiger partial charge in [0.1, 0.15) is 0 Å². The summed E-state index contributed by atoms with van der Waals surface area (Å²) in [7, 11) is 0. The van der Waals surface area contributed by atoms with Gasteiger partial charge in [0.15, 0.2) is 0 Å². The van der Waals surface area contributed by atoms with E-state index in [1.807, 2.05) is 0 Å². The zero-order valence-electron chi connectivity index (χ0n) is 12.5. The van der Waals surface area contributed by atoms with Crippen molar-refractivity contribution in [1.82, 2.24) is 5.32 Å². The Morgan fingerprint density at radius 3 is 2.62 bits per heavy atom. The van der Waals surface area contributed by atoms with Crippen molar-refractivity contribution in [1.29, 1.82) is 0 Å². The minimum Gasteiger partial charge on any atom is -0.384 e. The fourth-order valence-electron chi connectivity index (χ4n) is 3.02. The quantitative estimate of drug-likeness (QED) is 0.873. The Kier molecular flexibility index (Phi) is 4.90. The molecule has 2 heteroatoms. The summed E-state index contributed by atoms with van der Waals surface area (Å²) in [6.45, 7) is 3.40. The third-order valence-corrected chi connectivity index (χ3v) is 4.23. The third kappa shape index (κ3) is 4.08. The molecule has 110 valence electrons. The van der Waals surface area contributed by atoms with Crippen LogP contribution in [0.2, 0.25) is 0 Å². The monoisotopic (exact) mass is 280 g/mol. The van der Waals surface area contributed by atoms with Crippen molar-refractivity contribution in [3.63, 3.8) is 0 Å². The van der Waals surface area contributed by atoms with Crippen molar-refractivity contribution < 1.29 is 0 Å². The maximum Gasteiger partial charge on any atom is 0.0376 e. The first-order valence-electron chi connectivity index (χ1n) is 7.98. The summed E-state index contributed by atoms with van der Waals surface area (Å²) in [5.41, 5.74) is 4.03. The molecule has 1 fully saturated rings. The highest BCUT2D eigenvalue weighted by Gasteiger charge is 2.13. The van der Waals surface area contributed by atoms with Gasteiger partial charge in [0.25, 0.3) is 0 Å². The summed E-state index contributed by atoms with van der Waals surface area (Å²) in [5.74, 6) is 0.753. The summed E-state index contributed by atoms with van der Waals surface area (Å²) < 4.78 is 0. The number of piperidine rings is 1. The van der Waals surface area contributed by atoms with Gasteiger partial charge in [0, 0.05) is 12.2 Å². The molecule has 2 aromatic rings. The van der Waals surface area contributed by atoms with Gasteiger partial charge in [-0.15, -0.1) is 0 Å². The first-order chi connectivity index (χ1) is 10.4. The molecule has 1 aliphatic rings. The highest BCUT2D eigenvalue weighted by molar-refractivity contribution is 5.52. The molecule has 0 saturated carbocycles. The van der Waals surface area contributed by atoms with Gasteiger partial charge in [-0.3, -0.25) is 0 Å². The minimum absolute atomic E-state index is 0.753. The standard InChI is InChI=1S/C19H24N2/c1-2-7-16(8-3-1)13-18-10-4-5-11-19(18)21-15-17-9-6-12-20-14-17/h1-5,7-8,10-11,17,20-21H,6,9,12-15H2. The van der Waals surface area contributed by atoms with Crippen LogP contribution in [0.15, 0.2) is 54.6 Å². The topological polar surface area (TPSA) is 24.1 Å². The number of hydrogen-bond acceptors (Lipinski definition) is 2. The second-order valence-electron chi connectivity index (χ2n) is 5.91. The van der Waals surface area contributed by atoms with Gasteiger partial charge in [0.2, 0.25) is 0 Å². The van der Waals surface area contributed by atoms with E-state index in [-0.39, 0.29) is 0 Å². The summed E-state index contributed by atoms with van der Waals surface area (Å²) in [6, 6.07) is 19.4. The van der Waals surface area contributed by atoms with E-state index < -0.39 is 0 Å². The van der Waals surface area contributed by atoms with E-state index >= 15 is 0 Å². The first-order valence-corrected chi connectivity index (χ1v) is 7.98. The van der Waals surface area contributed by atoms with Gasteiger partial charge >= 0.3 is 0 Å². The van der Waals surface area contributed by atoms with Gasteiger partial charge < -0.3 is 10.6 Å². The lowest BCUT2D eigenvalue weighted by Crippen LogP contribution is -2.33. The number of anilines is 1. The van der Waals surface area contributed by atoms with Crippen LogP contribution in [0.25, 0.3) is 0 Å². The second kappa shape index (κ2) is 7.28. The van der Waals surface area contributed by atoms with E-state index in [4.69, 9.17) is 0 Å². The molecule has 0 radical (unpaired) electrons. The Morgan fingerprint density at radius 1 is 1.00 bits per heavy atom. The van der Waals surface area contributed by atoms with Crippen LogP contribution in [0.5, 0.6) is 0 Å². The van der Waals surface area contributed by atoms with E-state index in [0.717, 1.165) is 25.4 Å². The Hall–Kier alpha value is -1.80. The average Bonchev–Trinajstić information content (AvgIpc) is 2.56. The number of para-hydroxylation sites is 1. The van der Waals surface area contributed by atoms with E-state index in [1.54, 1.807) is 0 Å². The largest absolute Gasteiger partial charge is 0.384 e. The average molecular weight is 280 g/mol. The zero-order valence-corrected chi connectivity index (χ0v) is 12.5. The van der Waals surface area contributed by atoms with Crippen LogP contribution in [0.1, 0.15) is 24.0 Å². The smallest absolute Gasteiger partial charge is 0.0376 e. The molecule has 2 aromatic carbocycles. The maximum atomic E-state index is 3.66. The van der Waals surface area contributed by atoms with Crippen LogP contribution >= 0.6 is 0 Å². The minimum atomic E-state index is 0.753. The number of nitrogens with one attached hydrogen (secondary N) is 2. The molecule has 0 aromatic heterocycles. The van der Waals surface area contributed by atoms with E-state index in [2.05, 4.69) is 65.2 Å². The molecule has 0 spiro atoms. The molecule has 2 N–H and O–H groups in total.